The molecule has 0 saturated heterocycles. The van der Waals surface area contributed by atoms with Crippen LogP contribution in [0.15, 0.2) is 44.8 Å². The molecule has 1 N–H and O–H groups in total. The number of carboxylic acids is 1. The normalized spacial score (nSPS) is 11.7. The molecule has 2 aromatic heterocycles. The third-order valence-electron chi connectivity index (χ3n) is 3.08. The van der Waals surface area contributed by atoms with Gasteiger partial charge in [0, 0.05) is 15.5 Å². The number of rotatable bonds is 5. The predicted octanol–water partition coefficient (Wildman–Crippen LogP) is 3.56. The molecule has 0 aliphatic heterocycles. The van der Waals surface area contributed by atoms with Gasteiger partial charge in [0.1, 0.15) is 17.3 Å². The molecule has 1 aromatic carbocycles. The van der Waals surface area contributed by atoms with Crippen LogP contribution in [0.5, 0.6) is 0 Å². The van der Waals surface area contributed by atoms with Crippen molar-refractivity contribution < 1.29 is 14.3 Å². The quantitative estimate of drug-likeness (QED) is 0.524. The first kappa shape index (κ1) is 17.6. The zero-order chi connectivity index (χ0) is 18.0. The van der Waals surface area contributed by atoms with E-state index in [-0.39, 0.29) is 10.1 Å². The highest BCUT2D eigenvalue weighted by molar-refractivity contribution is 8.04. The van der Waals surface area contributed by atoms with E-state index in [1.165, 1.54) is 6.08 Å². The summed E-state index contributed by atoms with van der Waals surface area (Å²) in [6.07, 6.45) is 1.35. The van der Waals surface area contributed by atoms with Crippen LogP contribution in [0.3, 0.4) is 0 Å². The lowest BCUT2D eigenvalue weighted by atomic mass is 10.2. The van der Waals surface area contributed by atoms with Crippen LogP contribution in [-0.4, -0.2) is 21.2 Å². The van der Waals surface area contributed by atoms with E-state index in [9.17, 15) is 9.90 Å². The van der Waals surface area contributed by atoms with Crippen molar-refractivity contribution in [2.45, 2.75) is 12.1 Å². The van der Waals surface area contributed by atoms with Gasteiger partial charge in [0.15, 0.2) is 0 Å². The van der Waals surface area contributed by atoms with E-state index in [0.29, 0.717) is 33.0 Å². The third kappa shape index (κ3) is 4.25. The number of aromatic nitrogens is 3. The Morgan fingerprint density at radius 3 is 2.76 bits per heavy atom. The number of carbonyl (C=O) groups excluding carboxylic acids is 1. The maximum Gasteiger partial charge on any atom is 0.213 e. The minimum Gasteiger partial charge on any atom is -0.544 e. The first-order valence-corrected chi connectivity index (χ1v) is 8.55. The average molecular weight is 395 g/mol. The summed E-state index contributed by atoms with van der Waals surface area (Å²) < 4.78 is 5.66. The van der Waals surface area contributed by atoms with Crippen molar-refractivity contribution >= 4 is 47.0 Å². The number of hydrogen-bond acceptors (Lipinski definition) is 6. The molecular formula is C16H10Cl2N3O3S-. The van der Waals surface area contributed by atoms with Gasteiger partial charge in [-0.1, -0.05) is 23.2 Å². The highest BCUT2D eigenvalue weighted by atomic mass is 35.5. The maximum absolute atomic E-state index is 11.3. The SMILES string of the molecule is Cc1nc(S/C(=C/c2ccc(-c3ccc(Cl)cc3Cl)o2)C(=O)[O-])n[nH]1. The Morgan fingerprint density at radius 1 is 1.32 bits per heavy atom. The Morgan fingerprint density at radius 2 is 2.12 bits per heavy atom. The summed E-state index contributed by atoms with van der Waals surface area (Å²) in [5, 5.41) is 19.1. The lowest BCUT2D eigenvalue weighted by Gasteiger charge is -2.04. The fourth-order valence-electron chi connectivity index (χ4n) is 1.99. The van der Waals surface area contributed by atoms with Crippen molar-refractivity contribution in [1.82, 2.24) is 15.2 Å². The Hall–Kier alpha value is -2.22. The summed E-state index contributed by atoms with van der Waals surface area (Å²) >= 11 is 12.9. The molecule has 0 amide bonds. The van der Waals surface area contributed by atoms with Crippen LogP contribution in [0.1, 0.15) is 11.6 Å². The summed E-state index contributed by atoms with van der Waals surface area (Å²) in [6.45, 7) is 1.72. The van der Waals surface area contributed by atoms with E-state index in [1.54, 1.807) is 37.3 Å². The monoisotopic (exact) mass is 394 g/mol. The largest absolute Gasteiger partial charge is 0.544 e. The molecule has 0 aliphatic rings. The highest BCUT2D eigenvalue weighted by Gasteiger charge is 2.11. The van der Waals surface area contributed by atoms with Gasteiger partial charge in [0.05, 0.1) is 11.0 Å². The first-order chi connectivity index (χ1) is 11.9. The lowest BCUT2D eigenvalue weighted by Crippen LogP contribution is -2.23. The van der Waals surface area contributed by atoms with Crippen molar-refractivity contribution in [3.63, 3.8) is 0 Å². The molecule has 0 bridgehead atoms. The van der Waals surface area contributed by atoms with Gasteiger partial charge in [0.2, 0.25) is 5.16 Å². The number of aryl methyl sites for hydroxylation is 1. The van der Waals surface area contributed by atoms with Crippen molar-refractivity contribution in [2.75, 3.05) is 0 Å². The summed E-state index contributed by atoms with van der Waals surface area (Å²) in [5.41, 5.74) is 0.651. The fraction of sp³-hybridized carbons (Fsp3) is 0.0625. The summed E-state index contributed by atoms with van der Waals surface area (Å²) in [4.78, 5) is 15.3. The minimum absolute atomic E-state index is 0.0814. The van der Waals surface area contributed by atoms with Crippen molar-refractivity contribution in [3.8, 4) is 11.3 Å². The number of furan rings is 1. The van der Waals surface area contributed by atoms with Crippen LogP contribution in [0.2, 0.25) is 10.0 Å². The average Bonchev–Trinajstić information content (AvgIpc) is 3.16. The predicted molar refractivity (Wildman–Crippen MR) is 94.1 cm³/mol. The molecule has 3 rings (SSSR count). The molecule has 0 atom stereocenters. The number of aliphatic carboxylic acids is 1. The van der Waals surface area contributed by atoms with Crippen molar-refractivity contribution in [1.29, 1.82) is 0 Å². The summed E-state index contributed by atoms with van der Waals surface area (Å²) in [6, 6.07) is 8.34. The number of halogens is 2. The van der Waals surface area contributed by atoms with Gasteiger partial charge in [-0.15, -0.1) is 5.10 Å². The van der Waals surface area contributed by atoms with Gasteiger partial charge in [0.25, 0.3) is 0 Å². The number of benzene rings is 1. The fourth-order valence-corrected chi connectivity index (χ4v) is 3.22. The number of carboxylic acid groups (broad SMARTS) is 1. The van der Waals surface area contributed by atoms with E-state index in [4.69, 9.17) is 27.6 Å². The number of aromatic amines is 1. The molecule has 0 unspecified atom stereocenters. The second kappa shape index (κ2) is 7.35. The zero-order valence-electron chi connectivity index (χ0n) is 12.7. The molecule has 0 saturated carbocycles. The molecule has 25 heavy (non-hydrogen) atoms. The summed E-state index contributed by atoms with van der Waals surface area (Å²) in [7, 11) is 0. The van der Waals surface area contributed by atoms with Gasteiger partial charge in [-0.05, 0) is 55.1 Å². The van der Waals surface area contributed by atoms with Crippen LogP contribution in [0.25, 0.3) is 17.4 Å². The number of H-pyrrole nitrogens is 1. The van der Waals surface area contributed by atoms with Crippen LogP contribution in [-0.2, 0) is 4.79 Å². The smallest absolute Gasteiger partial charge is 0.213 e. The van der Waals surface area contributed by atoms with Crippen molar-refractivity contribution in [3.05, 3.63) is 56.9 Å². The van der Waals surface area contributed by atoms with E-state index >= 15 is 0 Å². The number of carbonyl (C=O) groups is 1. The Bertz CT molecular complexity index is 965. The van der Waals surface area contributed by atoms with Gasteiger partial charge >= 0.3 is 0 Å². The van der Waals surface area contributed by atoms with E-state index in [1.807, 2.05) is 0 Å². The molecule has 3 aromatic rings. The topological polar surface area (TPSA) is 94.8 Å². The van der Waals surface area contributed by atoms with E-state index in [0.717, 1.165) is 11.8 Å². The maximum atomic E-state index is 11.3. The molecule has 0 spiro atoms. The first-order valence-electron chi connectivity index (χ1n) is 6.97. The minimum atomic E-state index is -1.35. The van der Waals surface area contributed by atoms with Gasteiger partial charge in [-0.2, -0.15) is 0 Å². The molecular weight excluding hydrogens is 385 g/mol. The number of hydrogen-bond donors (Lipinski definition) is 1. The Balaban J connectivity index is 1.88. The number of nitrogens with zero attached hydrogens (tertiary/aromatic N) is 2. The lowest BCUT2D eigenvalue weighted by molar-refractivity contribution is -0.298. The van der Waals surface area contributed by atoms with E-state index < -0.39 is 5.97 Å². The molecule has 0 radical (unpaired) electrons. The van der Waals surface area contributed by atoms with Crippen LogP contribution in [0, 0.1) is 6.92 Å². The second-order valence-electron chi connectivity index (χ2n) is 4.93. The van der Waals surface area contributed by atoms with Gasteiger partial charge in [-0.3, -0.25) is 5.10 Å². The molecule has 0 fully saturated rings. The second-order valence-corrected chi connectivity index (χ2v) is 6.78. The molecule has 2 heterocycles. The summed E-state index contributed by atoms with van der Waals surface area (Å²) in [5.74, 6) is 0.0529. The zero-order valence-corrected chi connectivity index (χ0v) is 15.1. The molecule has 0 aliphatic carbocycles. The van der Waals surface area contributed by atoms with Crippen LogP contribution >= 0.6 is 35.0 Å². The molecule has 9 heteroatoms. The Labute approximate surface area is 156 Å². The van der Waals surface area contributed by atoms with Gasteiger partial charge < -0.3 is 14.3 Å². The van der Waals surface area contributed by atoms with Crippen LogP contribution in [0.4, 0.5) is 0 Å². The Kier molecular flexibility index (Phi) is 5.17. The standard InChI is InChI=1S/C16H11Cl2N3O3S/c1-8-19-16(21-20-8)25-14(15(22)23)7-10-3-5-13(24-10)11-4-2-9(17)6-12(11)18/h2-7H,1H3,(H,22,23)(H,19,20,21)/p-1/b14-7+. The van der Waals surface area contributed by atoms with Crippen molar-refractivity contribution in [2.24, 2.45) is 0 Å². The highest BCUT2D eigenvalue weighted by Crippen LogP contribution is 2.33. The van der Waals surface area contributed by atoms with Gasteiger partial charge in [-0.25, -0.2) is 4.98 Å². The molecule has 6 nitrogen and oxygen atoms in total. The van der Waals surface area contributed by atoms with E-state index in [2.05, 4.69) is 15.2 Å². The van der Waals surface area contributed by atoms with Crippen LogP contribution < -0.4 is 5.11 Å². The molecule has 128 valence electrons. The third-order valence-corrected chi connectivity index (χ3v) is 4.49. The number of thioether (sulfide) groups is 1. The number of nitrogens with one attached hydrogen (secondary N) is 1.